The van der Waals surface area contributed by atoms with Crippen LogP contribution in [0.15, 0.2) is 54.6 Å². The van der Waals surface area contributed by atoms with Crippen LogP contribution in [-0.2, 0) is 0 Å². The quantitative estimate of drug-likeness (QED) is 0.838. The molecular formula is C20H26N2O. The third-order valence-electron chi connectivity index (χ3n) is 4.29. The Hall–Kier alpha value is -2.00. The van der Waals surface area contributed by atoms with E-state index in [4.69, 9.17) is 4.74 Å². The molecule has 0 aliphatic carbocycles. The first-order valence-corrected chi connectivity index (χ1v) is 8.67. The van der Waals surface area contributed by atoms with Gasteiger partial charge in [0.1, 0.15) is 12.4 Å². The SMILES string of the molecule is c1ccc(Nc2ccc(OCCN3CCCCCC3)cc2)cc1. The fourth-order valence-electron chi connectivity index (χ4n) is 2.98. The van der Waals surface area contributed by atoms with Crippen molar-refractivity contribution in [3.05, 3.63) is 54.6 Å². The van der Waals surface area contributed by atoms with E-state index >= 15 is 0 Å². The molecule has 3 nitrogen and oxygen atoms in total. The maximum absolute atomic E-state index is 5.89. The second-order valence-electron chi connectivity index (χ2n) is 6.12. The first kappa shape index (κ1) is 15.9. The normalized spacial score (nSPS) is 15.8. The molecule has 0 amide bonds. The van der Waals surface area contributed by atoms with Gasteiger partial charge in [0.25, 0.3) is 0 Å². The standard InChI is InChI=1S/C20H26N2O/c1-2-7-15-22(14-6-1)16-17-23-20-12-10-19(11-13-20)21-18-8-4-3-5-9-18/h3-5,8-13,21H,1-2,6-7,14-17H2. The molecule has 3 heteroatoms. The van der Waals surface area contributed by atoms with Crippen molar-refractivity contribution >= 4 is 11.4 Å². The van der Waals surface area contributed by atoms with Crippen LogP contribution in [0.5, 0.6) is 5.75 Å². The lowest BCUT2D eigenvalue weighted by atomic mass is 10.2. The molecule has 23 heavy (non-hydrogen) atoms. The van der Waals surface area contributed by atoms with E-state index in [2.05, 4.69) is 34.5 Å². The van der Waals surface area contributed by atoms with Gasteiger partial charge in [-0.25, -0.2) is 0 Å². The molecule has 2 aromatic rings. The van der Waals surface area contributed by atoms with E-state index in [-0.39, 0.29) is 0 Å². The predicted molar refractivity (Wildman–Crippen MR) is 96.6 cm³/mol. The van der Waals surface area contributed by atoms with Crippen LogP contribution in [0.1, 0.15) is 25.7 Å². The smallest absolute Gasteiger partial charge is 0.119 e. The summed E-state index contributed by atoms with van der Waals surface area (Å²) in [6, 6.07) is 18.4. The second-order valence-corrected chi connectivity index (χ2v) is 6.12. The molecule has 0 aromatic heterocycles. The van der Waals surface area contributed by atoms with Crippen LogP contribution in [0.25, 0.3) is 0 Å². The molecule has 0 atom stereocenters. The number of anilines is 2. The number of nitrogens with zero attached hydrogens (tertiary/aromatic N) is 1. The van der Waals surface area contributed by atoms with E-state index in [9.17, 15) is 0 Å². The fraction of sp³-hybridized carbons (Fsp3) is 0.400. The van der Waals surface area contributed by atoms with Gasteiger partial charge in [-0.3, -0.25) is 4.90 Å². The van der Waals surface area contributed by atoms with Gasteiger partial charge >= 0.3 is 0 Å². The summed E-state index contributed by atoms with van der Waals surface area (Å²) in [6.07, 6.45) is 5.43. The average Bonchev–Trinajstić information content (AvgIpc) is 2.86. The molecule has 0 bridgehead atoms. The maximum atomic E-state index is 5.89. The largest absolute Gasteiger partial charge is 0.492 e. The Kier molecular flexibility index (Phi) is 5.93. The van der Waals surface area contributed by atoms with Crippen LogP contribution >= 0.6 is 0 Å². The van der Waals surface area contributed by atoms with Gasteiger partial charge in [0, 0.05) is 17.9 Å². The first-order valence-electron chi connectivity index (χ1n) is 8.67. The number of ether oxygens (including phenoxy) is 1. The Labute approximate surface area is 139 Å². The van der Waals surface area contributed by atoms with E-state index < -0.39 is 0 Å². The number of hydrogen-bond acceptors (Lipinski definition) is 3. The van der Waals surface area contributed by atoms with Gasteiger partial charge in [-0.05, 0) is 62.3 Å². The Balaban J connectivity index is 1.44. The van der Waals surface area contributed by atoms with Crippen molar-refractivity contribution in [1.29, 1.82) is 0 Å². The number of benzene rings is 2. The van der Waals surface area contributed by atoms with Crippen LogP contribution in [0.2, 0.25) is 0 Å². The molecule has 0 unspecified atom stereocenters. The predicted octanol–water partition coefficient (Wildman–Crippen LogP) is 4.69. The minimum Gasteiger partial charge on any atom is -0.492 e. The van der Waals surface area contributed by atoms with Crippen LogP contribution in [-0.4, -0.2) is 31.1 Å². The number of likely N-dealkylation sites (tertiary alicyclic amines) is 1. The molecule has 0 spiro atoms. The third kappa shape index (κ3) is 5.29. The highest BCUT2D eigenvalue weighted by molar-refractivity contribution is 5.59. The zero-order valence-electron chi connectivity index (χ0n) is 13.7. The summed E-state index contributed by atoms with van der Waals surface area (Å²) >= 11 is 0. The lowest BCUT2D eigenvalue weighted by molar-refractivity contribution is 0.214. The molecule has 1 fully saturated rings. The number of rotatable bonds is 6. The molecule has 0 saturated carbocycles. The van der Waals surface area contributed by atoms with E-state index in [1.54, 1.807) is 0 Å². The van der Waals surface area contributed by atoms with Crippen molar-refractivity contribution < 1.29 is 4.74 Å². The molecule has 1 N–H and O–H groups in total. The van der Waals surface area contributed by atoms with Crippen molar-refractivity contribution in [2.75, 3.05) is 31.6 Å². The van der Waals surface area contributed by atoms with Gasteiger partial charge in [-0.1, -0.05) is 31.0 Å². The highest BCUT2D eigenvalue weighted by atomic mass is 16.5. The molecular weight excluding hydrogens is 284 g/mol. The Bertz CT molecular complexity index is 560. The maximum Gasteiger partial charge on any atom is 0.119 e. The Morgan fingerprint density at radius 2 is 1.43 bits per heavy atom. The van der Waals surface area contributed by atoms with Gasteiger partial charge in [0.05, 0.1) is 0 Å². The number of hydrogen-bond donors (Lipinski definition) is 1. The highest BCUT2D eigenvalue weighted by Crippen LogP contribution is 2.20. The zero-order valence-corrected chi connectivity index (χ0v) is 13.7. The van der Waals surface area contributed by atoms with Crippen LogP contribution in [0, 0.1) is 0 Å². The van der Waals surface area contributed by atoms with Crippen molar-refractivity contribution in [3.8, 4) is 5.75 Å². The summed E-state index contributed by atoms with van der Waals surface area (Å²) in [6.45, 7) is 4.25. The average molecular weight is 310 g/mol. The van der Waals surface area contributed by atoms with E-state index in [1.165, 1.54) is 38.8 Å². The molecule has 1 aliphatic rings. The van der Waals surface area contributed by atoms with E-state index in [0.29, 0.717) is 0 Å². The van der Waals surface area contributed by atoms with Gasteiger partial charge < -0.3 is 10.1 Å². The molecule has 1 aliphatic heterocycles. The van der Waals surface area contributed by atoms with Crippen LogP contribution in [0.3, 0.4) is 0 Å². The summed E-state index contributed by atoms with van der Waals surface area (Å²) in [5, 5.41) is 3.38. The zero-order chi connectivity index (χ0) is 15.7. The van der Waals surface area contributed by atoms with Crippen LogP contribution < -0.4 is 10.1 Å². The lowest BCUT2D eigenvalue weighted by Crippen LogP contribution is -2.29. The Morgan fingerprint density at radius 1 is 0.783 bits per heavy atom. The molecule has 122 valence electrons. The van der Waals surface area contributed by atoms with Crippen molar-refractivity contribution in [2.45, 2.75) is 25.7 Å². The fourth-order valence-corrected chi connectivity index (χ4v) is 2.98. The molecule has 0 radical (unpaired) electrons. The summed E-state index contributed by atoms with van der Waals surface area (Å²) in [7, 11) is 0. The van der Waals surface area contributed by atoms with Gasteiger partial charge in [0.15, 0.2) is 0 Å². The number of para-hydroxylation sites is 1. The number of nitrogens with one attached hydrogen (secondary N) is 1. The minimum absolute atomic E-state index is 0.769. The molecule has 1 heterocycles. The van der Waals surface area contributed by atoms with Gasteiger partial charge in [-0.2, -0.15) is 0 Å². The van der Waals surface area contributed by atoms with Gasteiger partial charge in [-0.15, -0.1) is 0 Å². The van der Waals surface area contributed by atoms with Crippen molar-refractivity contribution in [1.82, 2.24) is 4.90 Å². The van der Waals surface area contributed by atoms with Crippen LogP contribution in [0.4, 0.5) is 11.4 Å². The van der Waals surface area contributed by atoms with Gasteiger partial charge in [0.2, 0.25) is 0 Å². The van der Waals surface area contributed by atoms with Crippen molar-refractivity contribution in [2.24, 2.45) is 0 Å². The van der Waals surface area contributed by atoms with E-state index in [1.807, 2.05) is 30.3 Å². The second kappa shape index (κ2) is 8.59. The lowest BCUT2D eigenvalue weighted by Gasteiger charge is -2.19. The monoisotopic (exact) mass is 310 g/mol. The third-order valence-corrected chi connectivity index (χ3v) is 4.29. The molecule has 2 aromatic carbocycles. The summed E-state index contributed by atoms with van der Waals surface area (Å²) in [4.78, 5) is 2.53. The summed E-state index contributed by atoms with van der Waals surface area (Å²) < 4.78 is 5.89. The molecule has 3 rings (SSSR count). The minimum atomic E-state index is 0.769. The summed E-state index contributed by atoms with van der Waals surface area (Å²) in [5.41, 5.74) is 2.18. The first-order chi connectivity index (χ1) is 11.4. The van der Waals surface area contributed by atoms with Crippen molar-refractivity contribution in [3.63, 3.8) is 0 Å². The topological polar surface area (TPSA) is 24.5 Å². The Morgan fingerprint density at radius 3 is 2.13 bits per heavy atom. The molecule has 1 saturated heterocycles. The highest BCUT2D eigenvalue weighted by Gasteiger charge is 2.08. The van der Waals surface area contributed by atoms with E-state index in [0.717, 1.165) is 30.3 Å². The summed E-state index contributed by atoms with van der Waals surface area (Å²) in [5.74, 6) is 0.943.